The molecular formula is C11H16N2O2. The van der Waals surface area contributed by atoms with Crippen LogP contribution in [0.25, 0.3) is 0 Å². The van der Waals surface area contributed by atoms with Crippen LogP contribution in [0.1, 0.15) is 32.6 Å². The lowest BCUT2D eigenvalue weighted by Gasteiger charge is -2.28. The molecule has 0 aromatic carbocycles. The Hall–Kier alpha value is -1.08. The Morgan fingerprint density at radius 1 is 1.60 bits per heavy atom. The minimum absolute atomic E-state index is 0.0795. The second-order valence-electron chi connectivity index (χ2n) is 4.57. The molecule has 1 heterocycles. The summed E-state index contributed by atoms with van der Waals surface area (Å²) in [6.45, 7) is 2.71. The molecule has 2 rings (SSSR count). The van der Waals surface area contributed by atoms with Crippen LogP contribution in [0.4, 0.5) is 0 Å². The quantitative estimate of drug-likeness (QED) is 0.735. The van der Waals surface area contributed by atoms with E-state index < -0.39 is 5.41 Å². The van der Waals surface area contributed by atoms with Gasteiger partial charge in [0.2, 0.25) is 5.91 Å². The Labute approximate surface area is 89.6 Å². The Bertz CT molecular complexity index is 304. The van der Waals surface area contributed by atoms with Gasteiger partial charge >= 0.3 is 0 Å². The third kappa shape index (κ3) is 2.13. The van der Waals surface area contributed by atoms with E-state index >= 15 is 0 Å². The molecule has 0 spiro atoms. The summed E-state index contributed by atoms with van der Waals surface area (Å²) in [5.74, 6) is -0.0795. The first-order valence-corrected chi connectivity index (χ1v) is 5.50. The summed E-state index contributed by atoms with van der Waals surface area (Å²) in [4.78, 5) is 11.8. The van der Waals surface area contributed by atoms with Gasteiger partial charge in [-0.25, -0.2) is 0 Å². The lowest BCUT2D eigenvalue weighted by atomic mass is 10.0. The van der Waals surface area contributed by atoms with E-state index in [0.717, 1.165) is 12.8 Å². The topological polar surface area (TPSA) is 62.1 Å². The zero-order valence-corrected chi connectivity index (χ0v) is 8.95. The molecule has 0 aromatic rings. The van der Waals surface area contributed by atoms with Crippen molar-refractivity contribution in [1.29, 1.82) is 5.26 Å². The van der Waals surface area contributed by atoms with Crippen LogP contribution >= 0.6 is 0 Å². The first-order valence-electron chi connectivity index (χ1n) is 5.50. The fourth-order valence-corrected chi connectivity index (χ4v) is 1.97. The van der Waals surface area contributed by atoms with Gasteiger partial charge in [0.05, 0.1) is 12.2 Å². The SMILES string of the molecule is CC1CC(NC(=O)C2(C#N)CC2)CCO1. The van der Waals surface area contributed by atoms with Gasteiger partial charge in [-0.2, -0.15) is 5.26 Å². The van der Waals surface area contributed by atoms with Gasteiger partial charge in [0.15, 0.2) is 0 Å². The number of nitriles is 1. The number of ether oxygens (including phenoxy) is 1. The lowest BCUT2D eigenvalue weighted by Crippen LogP contribution is -2.44. The van der Waals surface area contributed by atoms with E-state index in [0.29, 0.717) is 19.4 Å². The summed E-state index contributed by atoms with van der Waals surface area (Å²) in [5, 5.41) is 11.8. The molecule has 1 amide bonds. The molecule has 0 radical (unpaired) electrons. The smallest absolute Gasteiger partial charge is 0.240 e. The first-order chi connectivity index (χ1) is 7.16. The molecule has 4 nitrogen and oxygen atoms in total. The van der Waals surface area contributed by atoms with E-state index in [9.17, 15) is 4.79 Å². The van der Waals surface area contributed by atoms with Crippen molar-refractivity contribution >= 4 is 5.91 Å². The van der Waals surface area contributed by atoms with Gasteiger partial charge in [-0.05, 0) is 32.6 Å². The summed E-state index contributed by atoms with van der Waals surface area (Å²) in [5.41, 5.74) is -0.693. The maximum Gasteiger partial charge on any atom is 0.240 e. The largest absolute Gasteiger partial charge is 0.378 e. The van der Waals surface area contributed by atoms with E-state index in [4.69, 9.17) is 10.00 Å². The van der Waals surface area contributed by atoms with E-state index in [1.807, 2.05) is 6.92 Å². The van der Waals surface area contributed by atoms with Crippen LogP contribution in [0.3, 0.4) is 0 Å². The summed E-state index contributed by atoms with van der Waals surface area (Å²) >= 11 is 0. The fraction of sp³-hybridized carbons (Fsp3) is 0.818. The van der Waals surface area contributed by atoms with E-state index in [2.05, 4.69) is 11.4 Å². The van der Waals surface area contributed by atoms with Crippen LogP contribution in [0.5, 0.6) is 0 Å². The fourth-order valence-electron chi connectivity index (χ4n) is 1.97. The normalized spacial score (nSPS) is 32.8. The number of nitrogens with one attached hydrogen (secondary N) is 1. The zero-order chi connectivity index (χ0) is 10.9. The monoisotopic (exact) mass is 208 g/mol. The molecule has 1 aliphatic heterocycles. The highest BCUT2D eigenvalue weighted by Gasteiger charge is 2.51. The maximum absolute atomic E-state index is 11.8. The molecule has 2 atom stereocenters. The molecule has 15 heavy (non-hydrogen) atoms. The molecular weight excluding hydrogens is 192 g/mol. The third-order valence-corrected chi connectivity index (χ3v) is 3.22. The molecule has 1 saturated heterocycles. The molecule has 2 unspecified atom stereocenters. The third-order valence-electron chi connectivity index (χ3n) is 3.22. The van der Waals surface area contributed by atoms with Crippen molar-refractivity contribution in [2.24, 2.45) is 5.41 Å². The molecule has 0 bridgehead atoms. The van der Waals surface area contributed by atoms with Crippen molar-refractivity contribution in [3.8, 4) is 6.07 Å². The highest BCUT2D eigenvalue weighted by Crippen LogP contribution is 2.45. The average molecular weight is 208 g/mol. The Morgan fingerprint density at radius 3 is 2.87 bits per heavy atom. The number of carbonyl (C=O) groups is 1. The Kier molecular flexibility index (Phi) is 2.66. The number of amides is 1. The van der Waals surface area contributed by atoms with Gasteiger partial charge in [0, 0.05) is 12.6 Å². The van der Waals surface area contributed by atoms with E-state index in [-0.39, 0.29) is 18.1 Å². The molecule has 82 valence electrons. The summed E-state index contributed by atoms with van der Waals surface area (Å²) < 4.78 is 5.40. The van der Waals surface area contributed by atoms with Crippen molar-refractivity contribution < 1.29 is 9.53 Å². The number of rotatable bonds is 2. The van der Waals surface area contributed by atoms with Crippen molar-refractivity contribution in [1.82, 2.24) is 5.32 Å². The van der Waals surface area contributed by atoms with Gasteiger partial charge in [-0.3, -0.25) is 4.79 Å². The number of hydrogen-bond donors (Lipinski definition) is 1. The zero-order valence-electron chi connectivity index (χ0n) is 8.95. The van der Waals surface area contributed by atoms with Crippen LogP contribution in [-0.4, -0.2) is 24.7 Å². The van der Waals surface area contributed by atoms with Gasteiger partial charge in [0.1, 0.15) is 5.41 Å². The van der Waals surface area contributed by atoms with Crippen LogP contribution in [0.15, 0.2) is 0 Å². The second kappa shape index (κ2) is 3.82. The second-order valence-corrected chi connectivity index (χ2v) is 4.57. The predicted octanol–water partition coefficient (Wildman–Crippen LogP) is 0.974. The van der Waals surface area contributed by atoms with E-state index in [1.165, 1.54) is 0 Å². The summed E-state index contributed by atoms with van der Waals surface area (Å²) in [7, 11) is 0. The molecule has 4 heteroatoms. The van der Waals surface area contributed by atoms with Gasteiger partial charge in [-0.1, -0.05) is 0 Å². The van der Waals surface area contributed by atoms with Crippen LogP contribution in [0, 0.1) is 16.7 Å². The highest BCUT2D eigenvalue weighted by molar-refractivity contribution is 5.88. The molecule has 1 aliphatic carbocycles. The predicted molar refractivity (Wildman–Crippen MR) is 53.9 cm³/mol. The minimum atomic E-state index is -0.693. The molecule has 2 aliphatic rings. The Morgan fingerprint density at radius 2 is 2.33 bits per heavy atom. The maximum atomic E-state index is 11.8. The molecule has 1 N–H and O–H groups in total. The van der Waals surface area contributed by atoms with Crippen LogP contribution in [-0.2, 0) is 9.53 Å². The van der Waals surface area contributed by atoms with Crippen molar-refractivity contribution in [3.05, 3.63) is 0 Å². The molecule has 0 aromatic heterocycles. The van der Waals surface area contributed by atoms with Gasteiger partial charge in [-0.15, -0.1) is 0 Å². The standard InChI is InChI=1S/C11H16N2O2/c1-8-6-9(2-5-15-8)13-10(14)11(7-12)3-4-11/h8-9H,2-6H2,1H3,(H,13,14). The van der Waals surface area contributed by atoms with Crippen molar-refractivity contribution in [2.45, 2.75) is 44.8 Å². The summed E-state index contributed by atoms with van der Waals surface area (Å²) in [6.07, 6.45) is 3.36. The number of carbonyl (C=O) groups excluding carboxylic acids is 1. The van der Waals surface area contributed by atoms with Gasteiger partial charge < -0.3 is 10.1 Å². The van der Waals surface area contributed by atoms with Crippen LogP contribution < -0.4 is 5.32 Å². The minimum Gasteiger partial charge on any atom is -0.378 e. The number of hydrogen-bond acceptors (Lipinski definition) is 3. The highest BCUT2D eigenvalue weighted by atomic mass is 16.5. The van der Waals surface area contributed by atoms with Gasteiger partial charge in [0.25, 0.3) is 0 Å². The lowest BCUT2D eigenvalue weighted by molar-refractivity contribution is -0.126. The average Bonchev–Trinajstić information content (AvgIpc) is 2.98. The first kappa shape index (κ1) is 10.4. The number of nitrogens with zero attached hydrogens (tertiary/aromatic N) is 1. The molecule has 2 fully saturated rings. The van der Waals surface area contributed by atoms with E-state index in [1.54, 1.807) is 0 Å². The Balaban J connectivity index is 1.87. The van der Waals surface area contributed by atoms with Crippen LogP contribution in [0.2, 0.25) is 0 Å². The van der Waals surface area contributed by atoms with Crippen molar-refractivity contribution in [2.75, 3.05) is 6.61 Å². The molecule has 1 saturated carbocycles. The summed E-state index contributed by atoms with van der Waals surface area (Å²) in [6, 6.07) is 2.30. The van der Waals surface area contributed by atoms with Crippen molar-refractivity contribution in [3.63, 3.8) is 0 Å².